The summed E-state index contributed by atoms with van der Waals surface area (Å²) in [5.74, 6) is 1.12. The van der Waals surface area contributed by atoms with Crippen LogP contribution in [0.25, 0.3) is 4.96 Å². The molecule has 0 bridgehead atoms. The molecule has 2 heterocycles. The van der Waals surface area contributed by atoms with Gasteiger partial charge in [-0.1, -0.05) is 36.5 Å². The molecule has 114 valence electrons. The Kier molecular flexibility index (Phi) is 4.01. The third kappa shape index (κ3) is 2.91. The van der Waals surface area contributed by atoms with Crippen molar-refractivity contribution in [1.82, 2.24) is 19.8 Å². The summed E-state index contributed by atoms with van der Waals surface area (Å²) in [6, 6.07) is 9.28. The van der Waals surface area contributed by atoms with E-state index in [2.05, 4.69) is 20.6 Å². The normalized spacial score (nSPS) is 12.3. The molecule has 0 saturated carbocycles. The van der Waals surface area contributed by atoms with Gasteiger partial charge in [0, 0.05) is 0 Å². The van der Waals surface area contributed by atoms with Crippen LogP contribution >= 0.6 is 11.3 Å². The number of rotatable bonds is 5. The van der Waals surface area contributed by atoms with Gasteiger partial charge in [0.15, 0.2) is 11.9 Å². The molecule has 0 unspecified atom stereocenters. The first-order valence-corrected chi connectivity index (χ1v) is 7.70. The zero-order valence-corrected chi connectivity index (χ0v) is 13.0. The van der Waals surface area contributed by atoms with Crippen LogP contribution in [0.15, 0.2) is 30.3 Å². The summed E-state index contributed by atoms with van der Waals surface area (Å²) < 4.78 is 7.30. The van der Waals surface area contributed by atoms with Crippen LogP contribution in [0.4, 0.5) is 5.13 Å². The SMILES string of the molecule is CC[C@@H](Oc1ccccc1)C(=O)Nc1nn2c(C)nnc2s1. The first-order chi connectivity index (χ1) is 10.7. The van der Waals surface area contributed by atoms with Gasteiger partial charge in [0.2, 0.25) is 10.1 Å². The molecule has 22 heavy (non-hydrogen) atoms. The van der Waals surface area contributed by atoms with E-state index < -0.39 is 6.10 Å². The van der Waals surface area contributed by atoms with E-state index in [1.54, 1.807) is 11.4 Å². The van der Waals surface area contributed by atoms with Gasteiger partial charge in [0.1, 0.15) is 5.75 Å². The van der Waals surface area contributed by atoms with Gasteiger partial charge >= 0.3 is 0 Å². The third-order valence-corrected chi connectivity index (χ3v) is 3.88. The number of carbonyl (C=O) groups excluding carboxylic acids is 1. The molecule has 0 radical (unpaired) electrons. The fourth-order valence-corrected chi connectivity index (χ4v) is 2.72. The van der Waals surface area contributed by atoms with E-state index in [0.717, 1.165) is 0 Å². The van der Waals surface area contributed by atoms with Gasteiger partial charge in [0.05, 0.1) is 0 Å². The summed E-state index contributed by atoms with van der Waals surface area (Å²) in [5.41, 5.74) is 0. The maximum Gasteiger partial charge on any atom is 0.267 e. The largest absolute Gasteiger partial charge is 0.481 e. The molecule has 1 atom stereocenters. The molecule has 0 aliphatic heterocycles. The van der Waals surface area contributed by atoms with Crippen molar-refractivity contribution in [1.29, 1.82) is 0 Å². The van der Waals surface area contributed by atoms with Gasteiger partial charge in [-0.15, -0.1) is 15.3 Å². The van der Waals surface area contributed by atoms with Gasteiger partial charge in [-0.2, -0.15) is 4.52 Å². The van der Waals surface area contributed by atoms with Gasteiger partial charge in [-0.3, -0.25) is 10.1 Å². The Morgan fingerprint density at radius 1 is 1.36 bits per heavy atom. The Balaban J connectivity index is 1.71. The molecule has 3 rings (SSSR count). The minimum absolute atomic E-state index is 0.228. The second-order valence-corrected chi connectivity index (χ2v) is 5.62. The second kappa shape index (κ2) is 6.10. The molecule has 1 aromatic carbocycles. The smallest absolute Gasteiger partial charge is 0.267 e. The number of carbonyl (C=O) groups is 1. The molecule has 1 amide bonds. The van der Waals surface area contributed by atoms with Crippen LogP contribution in [0.1, 0.15) is 19.2 Å². The highest BCUT2D eigenvalue weighted by Crippen LogP contribution is 2.19. The second-order valence-electron chi connectivity index (χ2n) is 4.67. The van der Waals surface area contributed by atoms with Crippen molar-refractivity contribution < 1.29 is 9.53 Å². The van der Waals surface area contributed by atoms with Crippen LogP contribution in [-0.4, -0.2) is 31.8 Å². The topological polar surface area (TPSA) is 81.4 Å². The number of amides is 1. The number of benzene rings is 1. The lowest BCUT2D eigenvalue weighted by molar-refractivity contribution is -0.122. The Morgan fingerprint density at radius 3 is 2.82 bits per heavy atom. The predicted molar refractivity (Wildman–Crippen MR) is 83.2 cm³/mol. The summed E-state index contributed by atoms with van der Waals surface area (Å²) in [7, 11) is 0. The number of aryl methyl sites for hydroxylation is 1. The molecule has 3 aromatic rings. The van der Waals surface area contributed by atoms with Crippen LogP contribution in [0.5, 0.6) is 5.75 Å². The van der Waals surface area contributed by atoms with E-state index in [1.807, 2.05) is 37.3 Å². The minimum atomic E-state index is -0.571. The summed E-state index contributed by atoms with van der Waals surface area (Å²) in [6.07, 6.45) is -0.0121. The van der Waals surface area contributed by atoms with E-state index in [1.165, 1.54) is 11.3 Å². The number of hydrogen-bond acceptors (Lipinski definition) is 6. The number of para-hydroxylation sites is 1. The Hall–Kier alpha value is -2.48. The average Bonchev–Trinajstić information content (AvgIpc) is 3.07. The van der Waals surface area contributed by atoms with Crippen molar-refractivity contribution in [3.8, 4) is 5.75 Å². The third-order valence-electron chi connectivity index (χ3n) is 3.06. The number of fused-ring (bicyclic) bond motifs is 1. The van der Waals surface area contributed by atoms with Crippen LogP contribution in [0, 0.1) is 6.92 Å². The van der Waals surface area contributed by atoms with E-state index in [-0.39, 0.29) is 5.91 Å². The van der Waals surface area contributed by atoms with E-state index >= 15 is 0 Å². The molecule has 0 fully saturated rings. The van der Waals surface area contributed by atoms with Crippen molar-refractivity contribution in [3.63, 3.8) is 0 Å². The fraction of sp³-hybridized carbons (Fsp3) is 0.286. The molecule has 0 saturated heterocycles. The van der Waals surface area contributed by atoms with Gasteiger partial charge in [-0.05, 0) is 25.5 Å². The predicted octanol–water partition coefficient (Wildman–Crippen LogP) is 2.29. The Morgan fingerprint density at radius 2 is 2.14 bits per heavy atom. The Labute approximate surface area is 130 Å². The molecular weight excluding hydrogens is 302 g/mol. The molecule has 0 aliphatic rings. The zero-order valence-electron chi connectivity index (χ0n) is 12.2. The van der Waals surface area contributed by atoms with Crippen molar-refractivity contribution in [2.75, 3.05) is 5.32 Å². The lowest BCUT2D eigenvalue weighted by Crippen LogP contribution is -2.32. The maximum absolute atomic E-state index is 12.3. The van der Waals surface area contributed by atoms with E-state index in [0.29, 0.717) is 28.1 Å². The maximum atomic E-state index is 12.3. The average molecular weight is 317 g/mol. The number of aromatic nitrogens is 4. The molecule has 7 nitrogen and oxygen atoms in total. The summed E-state index contributed by atoms with van der Waals surface area (Å²) in [4.78, 5) is 13.0. The lowest BCUT2D eigenvalue weighted by atomic mass is 10.2. The Bertz CT molecular complexity index is 783. The lowest BCUT2D eigenvalue weighted by Gasteiger charge is -2.16. The van der Waals surface area contributed by atoms with Gasteiger partial charge in [0.25, 0.3) is 5.91 Å². The summed E-state index contributed by atoms with van der Waals surface area (Å²) >= 11 is 1.27. The molecular formula is C14H15N5O2S. The number of anilines is 1. The number of ether oxygens (including phenoxy) is 1. The van der Waals surface area contributed by atoms with Crippen molar-refractivity contribution in [2.45, 2.75) is 26.4 Å². The highest BCUT2D eigenvalue weighted by Gasteiger charge is 2.20. The van der Waals surface area contributed by atoms with Crippen LogP contribution < -0.4 is 10.1 Å². The van der Waals surface area contributed by atoms with E-state index in [9.17, 15) is 4.79 Å². The monoisotopic (exact) mass is 317 g/mol. The zero-order chi connectivity index (χ0) is 15.5. The summed E-state index contributed by atoms with van der Waals surface area (Å²) in [5, 5.41) is 15.4. The molecule has 0 aliphatic carbocycles. The fourth-order valence-electron chi connectivity index (χ4n) is 1.94. The molecule has 1 N–H and O–H groups in total. The minimum Gasteiger partial charge on any atom is -0.481 e. The molecule has 0 spiro atoms. The first kappa shape index (κ1) is 14.5. The highest BCUT2D eigenvalue weighted by atomic mass is 32.1. The van der Waals surface area contributed by atoms with Crippen molar-refractivity contribution in [3.05, 3.63) is 36.2 Å². The quantitative estimate of drug-likeness (QED) is 0.781. The van der Waals surface area contributed by atoms with E-state index in [4.69, 9.17) is 4.74 Å². The van der Waals surface area contributed by atoms with Crippen LogP contribution in [0.2, 0.25) is 0 Å². The number of nitrogens with one attached hydrogen (secondary N) is 1. The number of hydrogen-bond donors (Lipinski definition) is 1. The van der Waals surface area contributed by atoms with Crippen LogP contribution in [0.3, 0.4) is 0 Å². The standard InChI is InChI=1S/C14H15N5O2S/c1-3-11(21-10-7-5-4-6-8-10)12(20)15-13-18-19-9(2)16-17-14(19)22-13/h4-8,11H,3H2,1-2H3,(H,15,18,20)/t11-/m1/s1. The summed E-state index contributed by atoms with van der Waals surface area (Å²) in [6.45, 7) is 3.70. The highest BCUT2D eigenvalue weighted by molar-refractivity contribution is 7.20. The number of nitrogens with zero attached hydrogens (tertiary/aromatic N) is 4. The van der Waals surface area contributed by atoms with Crippen molar-refractivity contribution >= 4 is 27.3 Å². The van der Waals surface area contributed by atoms with Crippen molar-refractivity contribution in [2.24, 2.45) is 0 Å². The van der Waals surface area contributed by atoms with Gasteiger partial charge in [-0.25, -0.2) is 0 Å². The molecule has 8 heteroatoms. The van der Waals surface area contributed by atoms with Crippen LogP contribution in [-0.2, 0) is 4.79 Å². The van der Waals surface area contributed by atoms with Gasteiger partial charge < -0.3 is 4.74 Å². The first-order valence-electron chi connectivity index (χ1n) is 6.88. The molecule has 2 aromatic heterocycles.